The number of carbonyl (C=O) groups excluding carboxylic acids is 1. The van der Waals surface area contributed by atoms with Crippen molar-refractivity contribution in [2.45, 2.75) is 44.8 Å². The van der Waals surface area contributed by atoms with E-state index >= 15 is 0 Å². The molecule has 2 unspecified atom stereocenters. The maximum Gasteiger partial charge on any atom is 0.407 e. The number of hydrogen-bond donors (Lipinski definition) is 2. The molecule has 110 valence electrons. The summed E-state index contributed by atoms with van der Waals surface area (Å²) in [5.41, 5.74) is 0.979. The fourth-order valence-electron chi connectivity index (χ4n) is 2.62. The van der Waals surface area contributed by atoms with Crippen molar-refractivity contribution in [3.63, 3.8) is 0 Å². The van der Waals surface area contributed by atoms with Gasteiger partial charge in [0.25, 0.3) is 0 Å². The Morgan fingerprint density at radius 2 is 2.00 bits per heavy atom. The fraction of sp³-hybridized carbons (Fsp3) is 0.562. The highest BCUT2D eigenvalue weighted by molar-refractivity contribution is 5.67. The first-order valence-corrected chi connectivity index (χ1v) is 7.36. The summed E-state index contributed by atoms with van der Waals surface area (Å²) in [4.78, 5) is 11.6. The van der Waals surface area contributed by atoms with E-state index in [0.29, 0.717) is 19.1 Å². The van der Waals surface area contributed by atoms with Gasteiger partial charge in [-0.2, -0.15) is 0 Å². The highest BCUT2D eigenvalue weighted by atomic mass is 16.5. The molecule has 1 saturated carbocycles. The third kappa shape index (κ3) is 5.21. The second-order valence-electron chi connectivity index (χ2n) is 5.48. The molecule has 0 aliphatic heterocycles. The van der Waals surface area contributed by atoms with Gasteiger partial charge in [-0.15, -0.1) is 0 Å². The maximum absolute atomic E-state index is 11.6. The van der Waals surface area contributed by atoms with Crippen molar-refractivity contribution in [1.29, 1.82) is 0 Å². The smallest absolute Gasteiger partial charge is 0.407 e. The molecule has 1 amide bonds. The van der Waals surface area contributed by atoms with Crippen molar-refractivity contribution in [2.75, 3.05) is 6.54 Å². The number of hydrogen-bond acceptors (Lipinski definition) is 3. The van der Waals surface area contributed by atoms with Gasteiger partial charge in [-0.3, -0.25) is 0 Å². The van der Waals surface area contributed by atoms with Crippen molar-refractivity contribution < 1.29 is 14.6 Å². The first kappa shape index (κ1) is 14.9. The lowest BCUT2D eigenvalue weighted by Crippen LogP contribution is -2.30. The van der Waals surface area contributed by atoms with Gasteiger partial charge >= 0.3 is 6.09 Å². The number of aliphatic hydroxyl groups is 1. The van der Waals surface area contributed by atoms with Crippen LogP contribution in [0.4, 0.5) is 4.79 Å². The second kappa shape index (κ2) is 7.90. The molecule has 2 rings (SSSR count). The third-order valence-electron chi connectivity index (χ3n) is 3.75. The Morgan fingerprint density at radius 3 is 2.80 bits per heavy atom. The summed E-state index contributed by atoms with van der Waals surface area (Å²) in [7, 11) is 0. The van der Waals surface area contributed by atoms with Crippen LogP contribution in [0.2, 0.25) is 0 Å². The molecule has 1 aliphatic carbocycles. The van der Waals surface area contributed by atoms with Gasteiger partial charge in [0.1, 0.15) is 6.61 Å². The fourth-order valence-corrected chi connectivity index (χ4v) is 2.62. The van der Waals surface area contributed by atoms with E-state index in [1.807, 2.05) is 30.3 Å². The van der Waals surface area contributed by atoms with E-state index in [-0.39, 0.29) is 12.2 Å². The molecular weight excluding hydrogens is 254 g/mol. The summed E-state index contributed by atoms with van der Waals surface area (Å²) in [5, 5.41) is 12.5. The molecule has 0 radical (unpaired) electrons. The molecule has 4 nitrogen and oxygen atoms in total. The number of benzene rings is 1. The molecule has 0 heterocycles. The van der Waals surface area contributed by atoms with E-state index in [2.05, 4.69) is 5.32 Å². The summed E-state index contributed by atoms with van der Waals surface area (Å²) in [6.45, 7) is 0.880. The quantitative estimate of drug-likeness (QED) is 0.832. The molecule has 0 bridgehead atoms. The molecular formula is C16H23NO3. The monoisotopic (exact) mass is 277 g/mol. The first-order valence-electron chi connectivity index (χ1n) is 7.36. The predicted octanol–water partition coefficient (Wildman–Crippen LogP) is 2.85. The zero-order valence-electron chi connectivity index (χ0n) is 11.8. The Balaban J connectivity index is 1.67. The summed E-state index contributed by atoms with van der Waals surface area (Å²) in [5.74, 6) is 0.358. The molecule has 1 aliphatic rings. The summed E-state index contributed by atoms with van der Waals surface area (Å²) in [6, 6.07) is 9.62. The van der Waals surface area contributed by atoms with Crippen LogP contribution < -0.4 is 5.32 Å². The number of rotatable bonds is 4. The summed E-state index contributed by atoms with van der Waals surface area (Å²) < 4.78 is 5.16. The second-order valence-corrected chi connectivity index (χ2v) is 5.48. The van der Waals surface area contributed by atoms with Gasteiger partial charge in [-0.1, -0.05) is 43.2 Å². The van der Waals surface area contributed by atoms with Crippen molar-refractivity contribution in [2.24, 2.45) is 5.92 Å². The average molecular weight is 277 g/mol. The van der Waals surface area contributed by atoms with Crippen LogP contribution in [0.1, 0.15) is 37.7 Å². The highest BCUT2D eigenvalue weighted by Crippen LogP contribution is 2.22. The van der Waals surface area contributed by atoms with Crippen LogP contribution in [0.15, 0.2) is 30.3 Å². The zero-order chi connectivity index (χ0) is 14.2. The third-order valence-corrected chi connectivity index (χ3v) is 3.75. The largest absolute Gasteiger partial charge is 0.445 e. The summed E-state index contributed by atoms with van der Waals surface area (Å²) in [6.07, 6.45) is 4.33. The molecule has 0 aromatic heterocycles. The molecule has 4 heteroatoms. The Hall–Kier alpha value is -1.55. The molecule has 20 heavy (non-hydrogen) atoms. The molecule has 0 spiro atoms. The van der Waals surface area contributed by atoms with Gasteiger partial charge in [-0.25, -0.2) is 4.79 Å². The van der Waals surface area contributed by atoms with Crippen LogP contribution in [0, 0.1) is 5.92 Å². The van der Waals surface area contributed by atoms with Gasteiger partial charge in [0, 0.05) is 6.54 Å². The van der Waals surface area contributed by atoms with Crippen molar-refractivity contribution in [3.05, 3.63) is 35.9 Å². The van der Waals surface area contributed by atoms with Crippen LogP contribution in [0.5, 0.6) is 0 Å². The lowest BCUT2D eigenvalue weighted by Gasteiger charge is -2.17. The Labute approximate surface area is 120 Å². The Morgan fingerprint density at radius 1 is 1.25 bits per heavy atom. The summed E-state index contributed by atoms with van der Waals surface area (Å²) >= 11 is 0. The number of carbonyl (C=O) groups is 1. The zero-order valence-corrected chi connectivity index (χ0v) is 11.8. The molecule has 2 N–H and O–H groups in total. The van der Waals surface area contributed by atoms with Gasteiger partial charge in [0.15, 0.2) is 0 Å². The van der Waals surface area contributed by atoms with Crippen LogP contribution in [-0.4, -0.2) is 23.8 Å². The van der Waals surface area contributed by atoms with Crippen molar-refractivity contribution >= 4 is 6.09 Å². The van der Waals surface area contributed by atoms with Crippen molar-refractivity contribution in [1.82, 2.24) is 5.32 Å². The minimum absolute atomic E-state index is 0.218. The Bertz CT molecular complexity index is 407. The molecule has 2 atom stereocenters. The topological polar surface area (TPSA) is 58.6 Å². The van der Waals surface area contributed by atoms with Gasteiger partial charge in [-0.05, 0) is 30.7 Å². The average Bonchev–Trinajstić information content (AvgIpc) is 2.68. The van der Waals surface area contributed by atoms with E-state index in [9.17, 15) is 9.90 Å². The first-order chi connectivity index (χ1) is 9.74. The van der Waals surface area contributed by atoms with E-state index in [0.717, 1.165) is 37.7 Å². The van der Waals surface area contributed by atoms with E-state index in [1.165, 1.54) is 0 Å². The number of nitrogens with one attached hydrogen (secondary N) is 1. The van der Waals surface area contributed by atoms with E-state index < -0.39 is 0 Å². The lowest BCUT2D eigenvalue weighted by molar-refractivity contribution is 0.127. The van der Waals surface area contributed by atoms with Crippen LogP contribution >= 0.6 is 0 Å². The maximum atomic E-state index is 11.6. The van der Waals surface area contributed by atoms with Gasteiger partial charge in [0.2, 0.25) is 0 Å². The SMILES string of the molecule is O=C(NCC1CCCCC(O)C1)OCc1ccccc1. The predicted molar refractivity (Wildman–Crippen MR) is 77.2 cm³/mol. The number of ether oxygens (including phenoxy) is 1. The van der Waals surface area contributed by atoms with Crippen LogP contribution in [-0.2, 0) is 11.3 Å². The number of alkyl carbamates (subject to hydrolysis) is 1. The van der Waals surface area contributed by atoms with Crippen LogP contribution in [0.3, 0.4) is 0 Å². The van der Waals surface area contributed by atoms with Crippen LogP contribution in [0.25, 0.3) is 0 Å². The molecule has 1 aromatic carbocycles. The number of aliphatic hydroxyl groups excluding tert-OH is 1. The van der Waals surface area contributed by atoms with Gasteiger partial charge < -0.3 is 15.2 Å². The molecule has 1 fully saturated rings. The normalized spacial score (nSPS) is 22.9. The van der Waals surface area contributed by atoms with E-state index in [4.69, 9.17) is 4.74 Å². The molecule has 0 saturated heterocycles. The standard InChI is InChI=1S/C16H23NO3/c18-15-9-5-4-8-14(10-15)11-17-16(19)20-12-13-6-2-1-3-7-13/h1-3,6-7,14-15,18H,4-5,8-12H2,(H,17,19). The van der Waals surface area contributed by atoms with E-state index in [1.54, 1.807) is 0 Å². The van der Waals surface area contributed by atoms with Gasteiger partial charge in [0.05, 0.1) is 6.10 Å². The molecule has 1 aromatic rings. The Kier molecular flexibility index (Phi) is 5.87. The lowest BCUT2D eigenvalue weighted by atomic mass is 9.99. The minimum Gasteiger partial charge on any atom is -0.445 e. The van der Waals surface area contributed by atoms with Crippen molar-refractivity contribution in [3.8, 4) is 0 Å². The highest BCUT2D eigenvalue weighted by Gasteiger charge is 2.19. The minimum atomic E-state index is -0.382. The number of amides is 1.